The van der Waals surface area contributed by atoms with E-state index in [1.165, 1.54) is 12.1 Å². The van der Waals surface area contributed by atoms with Crippen LogP contribution in [0.15, 0.2) is 72.8 Å². The van der Waals surface area contributed by atoms with Gasteiger partial charge in [-0.3, -0.25) is 0 Å². The van der Waals surface area contributed by atoms with Gasteiger partial charge in [-0.15, -0.1) is 0 Å². The Kier molecular flexibility index (Phi) is 11.9. The van der Waals surface area contributed by atoms with E-state index in [0.717, 1.165) is 5.56 Å². The first-order valence-corrected chi connectivity index (χ1v) is 13.0. The topological polar surface area (TPSA) is 97.3 Å². The van der Waals surface area contributed by atoms with Crippen LogP contribution in [0.2, 0.25) is 5.02 Å². The molecule has 3 rings (SSSR count). The predicted molar refractivity (Wildman–Crippen MR) is 147 cm³/mol. The van der Waals surface area contributed by atoms with Gasteiger partial charge in [0.25, 0.3) is 0 Å². The van der Waals surface area contributed by atoms with Gasteiger partial charge in [0.05, 0.1) is 13.2 Å². The molecule has 3 aromatic carbocycles. The van der Waals surface area contributed by atoms with E-state index >= 15 is 0 Å². The first kappa shape index (κ1) is 29.7. The average molecular weight is 559 g/mol. The van der Waals surface area contributed by atoms with Crippen LogP contribution in [0, 0.1) is 5.82 Å². The minimum absolute atomic E-state index is 0.239. The molecule has 0 aromatic heterocycles. The van der Waals surface area contributed by atoms with Crippen LogP contribution in [-0.2, 0) is 16.0 Å². The van der Waals surface area contributed by atoms with Gasteiger partial charge in [-0.25, -0.2) is 14.0 Å². The highest BCUT2D eigenvalue weighted by Crippen LogP contribution is 2.17. The lowest BCUT2D eigenvalue weighted by atomic mass is 10.1. The molecule has 1 atom stereocenters. The van der Waals surface area contributed by atoms with Crippen LogP contribution >= 0.6 is 11.6 Å². The van der Waals surface area contributed by atoms with Crippen LogP contribution in [0.3, 0.4) is 0 Å². The zero-order valence-corrected chi connectivity index (χ0v) is 22.4. The van der Waals surface area contributed by atoms with Crippen molar-refractivity contribution in [2.24, 2.45) is 0 Å². The van der Waals surface area contributed by atoms with Crippen LogP contribution in [-0.4, -0.2) is 61.0 Å². The number of halogens is 2. The predicted octanol–water partition coefficient (Wildman–Crippen LogP) is 5.89. The van der Waals surface area contributed by atoms with E-state index in [0.29, 0.717) is 54.9 Å². The zero-order chi connectivity index (χ0) is 28.0. The molecule has 208 valence electrons. The van der Waals surface area contributed by atoms with Gasteiger partial charge in [0.1, 0.15) is 23.9 Å². The number of hydrogen-bond acceptors (Lipinski definition) is 5. The van der Waals surface area contributed by atoms with Gasteiger partial charge in [0.2, 0.25) is 0 Å². The van der Waals surface area contributed by atoms with Crippen molar-refractivity contribution in [3.8, 4) is 11.5 Å². The summed E-state index contributed by atoms with van der Waals surface area (Å²) in [4.78, 5) is 25.9. The second kappa shape index (κ2) is 15.6. The third-order valence-corrected chi connectivity index (χ3v) is 5.91. The first-order valence-electron chi connectivity index (χ1n) is 12.6. The number of carbonyl (C=O) groups is 2. The number of carbonyl (C=O) groups excluding carboxylic acids is 1. The van der Waals surface area contributed by atoms with E-state index in [-0.39, 0.29) is 24.9 Å². The van der Waals surface area contributed by atoms with Crippen molar-refractivity contribution in [3.05, 3.63) is 89.2 Å². The molecule has 0 fully saturated rings. The summed E-state index contributed by atoms with van der Waals surface area (Å²) in [5.41, 5.74) is 1.42. The van der Waals surface area contributed by atoms with E-state index in [9.17, 15) is 19.1 Å². The fourth-order valence-electron chi connectivity index (χ4n) is 3.66. The summed E-state index contributed by atoms with van der Waals surface area (Å²) in [5, 5.41) is 12.7. The number of anilines is 1. The van der Waals surface area contributed by atoms with Crippen LogP contribution in [0.25, 0.3) is 0 Å². The third kappa shape index (κ3) is 10.5. The maximum Gasteiger partial charge on any atom is 0.333 e. The number of ether oxygens (including phenoxy) is 3. The number of urea groups is 1. The highest BCUT2D eigenvalue weighted by atomic mass is 35.5. The number of carboxylic acids is 1. The van der Waals surface area contributed by atoms with Gasteiger partial charge in [0, 0.05) is 30.3 Å². The first-order chi connectivity index (χ1) is 18.8. The molecular weight excluding hydrogens is 527 g/mol. The number of benzene rings is 3. The Hall–Kier alpha value is -3.82. The third-order valence-electron chi connectivity index (χ3n) is 5.66. The molecule has 0 heterocycles. The number of aliphatic carboxylic acids is 1. The van der Waals surface area contributed by atoms with Crippen molar-refractivity contribution in [1.29, 1.82) is 0 Å². The van der Waals surface area contributed by atoms with Crippen molar-refractivity contribution in [2.75, 3.05) is 38.2 Å². The standard InChI is InChI=1S/C29H32ClFN2O6/c1-2-37-27(28(34)35)20-21-4-12-25(13-5-21)39-19-17-33(29(36)32-24-10-6-22(30)7-11-24)16-3-18-38-26-14-8-23(31)9-15-26/h4-15,27H,2-3,16-20H2,1H3,(H,32,36)(H,34,35). The average Bonchev–Trinajstić information content (AvgIpc) is 2.92. The smallest absolute Gasteiger partial charge is 0.333 e. The lowest BCUT2D eigenvalue weighted by molar-refractivity contribution is -0.149. The molecule has 2 N–H and O–H groups in total. The Bertz CT molecular complexity index is 1180. The van der Waals surface area contributed by atoms with Crippen molar-refractivity contribution in [3.63, 3.8) is 0 Å². The molecule has 0 aliphatic rings. The molecule has 0 radical (unpaired) electrons. The highest BCUT2D eigenvalue weighted by Gasteiger charge is 2.18. The second-order valence-corrected chi connectivity index (χ2v) is 9.00. The van der Waals surface area contributed by atoms with E-state index in [1.54, 1.807) is 72.5 Å². The molecule has 8 nitrogen and oxygen atoms in total. The van der Waals surface area contributed by atoms with Crippen molar-refractivity contribution < 1.29 is 33.3 Å². The summed E-state index contributed by atoms with van der Waals surface area (Å²) >= 11 is 5.94. The summed E-state index contributed by atoms with van der Waals surface area (Å²) in [6.07, 6.45) is -0.103. The molecular formula is C29H32ClFN2O6. The molecule has 3 aromatic rings. The van der Waals surface area contributed by atoms with Gasteiger partial charge in [0.15, 0.2) is 6.10 Å². The van der Waals surface area contributed by atoms with E-state index in [4.69, 9.17) is 25.8 Å². The Labute approximate surface area is 232 Å². The summed E-state index contributed by atoms with van der Waals surface area (Å²) in [6.45, 7) is 3.36. The number of nitrogens with zero attached hydrogens (tertiary/aromatic N) is 1. The number of hydrogen-bond donors (Lipinski definition) is 2. The fraction of sp³-hybridized carbons (Fsp3) is 0.310. The molecule has 0 saturated heterocycles. The molecule has 1 unspecified atom stereocenters. The quantitative estimate of drug-likeness (QED) is 0.226. The Balaban J connectivity index is 1.53. The van der Waals surface area contributed by atoms with Gasteiger partial charge < -0.3 is 29.5 Å². The van der Waals surface area contributed by atoms with Crippen LogP contribution in [0.5, 0.6) is 11.5 Å². The Morgan fingerprint density at radius 1 is 0.923 bits per heavy atom. The van der Waals surface area contributed by atoms with E-state index in [1.807, 2.05) is 0 Å². The van der Waals surface area contributed by atoms with Crippen LogP contribution < -0.4 is 14.8 Å². The minimum Gasteiger partial charge on any atom is -0.494 e. The monoisotopic (exact) mass is 558 g/mol. The molecule has 0 spiro atoms. The number of nitrogens with one attached hydrogen (secondary N) is 1. The highest BCUT2D eigenvalue weighted by molar-refractivity contribution is 6.30. The summed E-state index contributed by atoms with van der Waals surface area (Å²) in [6, 6.07) is 19.4. The Morgan fingerprint density at radius 3 is 2.15 bits per heavy atom. The molecule has 2 amide bonds. The maximum absolute atomic E-state index is 13.1. The van der Waals surface area contributed by atoms with Gasteiger partial charge in [-0.05, 0) is 79.6 Å². The van der Waals surface area contributed by atoms with Crippen LogP contribution in [0.4, 0.5) is 14.9 Å². The van der Waals surface area contributed by atoms with Crippen molar-refractivity contribution in [1.82, 2.24) is 4.90 Å². The van der Waals surface area contributed by atoms with E-state index < -0.39 is 12.1 Å². The largest absolute Gasteiger partial charge is 0.494 e. The number of amides is 2. The molecule has 10 heteroatoms. The fourth-order valence-corrected chi connectivity index (χ4v) is 3.78. The maximum atomic E-state index is 13.1. The van der Waals surface area contributed by atoms with Crippen molar-refractivity contribution in [2.45, 2.75) is 25.9 Å². The molecule has 0 saturated carbocycles. The number of rotatable bonds is 15. The molecule has 0 aliphatic carbocycles. The second-order valence-electron chi connectivity index (χ2n) is 8.56. The van der Waals surface area contributed by atoms with Gasteiger partial charge >= 0.3 is 12.0 Å². The van der Waals surface area contributed by atoms with Gasteiger partial charge in [-0.2, -0.15) is 0 Å². The van der Waals surface area contributed by atoms with Gasteiger partial charge in [-0.1, -0.05) is 23.7 Å². The SMILES string of the molecule is CCOC(Cc1ccc(OCCN(CCCOc2ccc(F)cc2)C(=O)Nc2ccc(Cl)cc2)cc1)C(=O)O. The summed E-state index contributed by atoms with van der Waals surface area (Å²) in [7, 11) is 0. The summed E-state index contributed by atoms with van der Waals surface area (Å²) in [5.74, 6) is -0.190. The van der Waals surface area contributed by atoms with E-state index in [2.05, 4.69) is 5.32 Å². The van der Waals surface area contributed by atoms with Crippen LogP contribution in [0.1, 0.15) is 18.9 Å². The normalized spacial score (nSPS) is 11.5. The molecule has 39 heavy (non-hydrogen) atoms. The zero-order valence-electron chi connectivity index (χ0n) is 21.6. The summed E-state index contributed by atoms with van der Waals surface area (Å²) < 4.78 is 29.8. The number of carboxylic acid groups (broad SMARTS) is 1. The lowest BCUT2D eigenvalue weighted by Crippen LogP contribution is -2.39. The molecule has 0 bridgehead atoms. The lowest BCUT2D eigenvalue weighted by Gasteiger charge is -2.23. The molecule has 0 aliphatic heterocycles. The minimum atomic E-state index is -1.00. The Morgan fingerprint density at radius 2 is 1.54 bits per heavy atom. The van der Waals surface area contributed by atoms with Crippen molar-refractivity contribution >= 4 is 29.3 Å².